The van der Waals surface area contributed by atoms with E-state index in [1.807, 2.05) is 26.0 Å². The number of hydrogen-bond donors (Lipinski definition) is 2. The van der Waals surface area contributed by atoms with E-state index in [0.29, 0.717) is 11.3 Å². The molecule has 2 N–H and O–H groups in total. The molecule has 2 aromatic carbocycles. The van der Waals surface area contributed by atoms with Crippen molar-refractivity contribution in [1.29, 1.82) is 5.26 Å². The molecule has 0 aliphatic rings. The fourth-order valence-corrected chi connectivity index (χ4v) is 1.92. The highest BCUT2D eigenvalue weighted by atomic mass is 16.4. The molecule has 0 fully saturated rings. The molecule has 4 nitrogen and oxygen atoms in total. The zero-order valence-corrected chi connectivity index (χ0v) is 11.3. The summed E-state index contributed by atoms with van der Waals surface area (Å²) in [4.78, 5) is 11.3. The van der Waals surface area contributed by atoms with Gasteiger partial charge >= 0.3 is 5.97 Å². The van der Waals surface area contributed by atoms with Gasteiger partial charge in [-0.2, -0.15) is 5.26 Å². The monoisotopic (exact) mass is 266 g/mol. The first-order valence-electron chi connectivity index (χ1n) is 6.13. The number of carboxylic acids is 1. The van der Waals surface area contributed by atoms with Crippen LogP contribution in [0.5, 0.6) is 0 Å². The fourth-order valence-electron chi connectivity index (χ4n) is 1.92. The summed E-state index contributed by atoms with van der Waals surface area (Å²) in [7, 11) is 0. The Bertz CT molecular complexity index is 715. The first kappa shape index (κ1) is 13.6. The molecule has 2 aromatic rings. The number of carbonyl (C=O) groups is 1. The predicted molar refractivity (Wildman–Crippen MR) is 77.3 cm³/mol. The molecule has 0 heterocycles. The largest absolute Gasteiger partial charge is 0.478 e. The number of hydrogen-bond acceptors (Lipinski definition) is 3. The number of aryl methyl sites for hydroxylation is 2. The van der Waals surface area contributed by atoms with E-state index in [2.05, 4.69) is 11.4 Å². The molecule has 0 atom stereocenters. The lowest BCUT2D eigenvalue weighted by molar-refractivity contribution is 0.0698. The Morgan fingerprint density at radius 2 is 1.90 bits per heavy atom. The Kier molecular flexibility index (Phi) is 3.72. The minimum Gasteiger partial charge on any atom is -0.478 e. The summed E-state index contributed by atoms with van der Waals surface area (Å²) in [6, 6.07) is 12.5. The number of nitriles is 1. The topological polar surface area (TPSA) is 73.1 Å². The second kappa shape index (κ2) is 5.45. The van der Waals surface area contributed by atoms with Gasteiger partial charge in [0.1, 0.15) is 0 Å². The van der Waals surface area contributed by atoms with Crippen LogP contribution in [0.1, 0.15) is 27.0 Å². The van der Waals surface area contributed by atoms with Crippen LogP contribution in [0.3, 0.4) is 0 Å². The molecule has 0 bridgehead atoms. The van der Waals surface area contributed by atoms with E-state index in [1.165, 1.54) is 0 Å². The molecule has 0 saturated heterocycles. The quantitative estimate of drug-likeness (QED) is 0.889. The van der Waals surface area contributed by atoms with Crippen LogP contribution in [0.15, 0.2) is 36.4 Å². The van der Waals surface area contributed by atoms with Crippen LogP contribution in [0.25, 0.3) is 0 Å². The van der Waals surface area contributed by atoms with Crippen molar-refractivity contribution in [1.82, 2.24) is 0 Å². The van der Waals surface area contributed by atoms with Crippen LogP contribution in [0, 0.1) is 25.2 Å². The summed E-state index contributed by atoms with van der Waals surface area (Å²) in [5.41, 5.74) is 3.82. The first-order valence-corrected chi connectivity index (χ1v) is 6.13. The summed E-state index contributed by atoms with van der Waals surface area (Å²) in [6.07, 6.45) is 0. The smallest absolute Gasteiger partial charge is 0.337 e. The highest BCUT2D eigenvalue weighted by Gasteiger charge is 2.11. The third kappa shape index (κ3) is 2.78. The van der Waals surface area contributed by atoms with E-state index in [9.17, 15) is 9.90 Å². The molecule has 0 aliphatic heterocycles. The average Bonchev–Trinajstić information content (AvgIpc) is 2.42. The van der Waals surface area contributed by atoms with Gasteiger partial charge < -0.3 is 10.4 Å². The minimum atomic E-state index is -0.981. The molecular formula is C16H14N2O2. The van der Waals surface area contributed by atoms with E-state index in [1.54, 1.807) is 24.3 Å². The number of carboxylic acid groups (broad SMARTS) is 1. The number of nitrogens with one attached hydrogen (secondary N) is 1. The number of rotatable bonds is 3. The normalized spacial score (nSPS) is 9.85. The molecular weight excluding hydrogens is 252 g/mol. The molecule has 0 aromatic heterocycles. The molecule has 0 amide bonds. The van der Waals surface area contributed by atoms with Crippen molar-refractivity contribution in [2.24, 2.45) is 0 Å². The minimum absolute atomic E-state index is 0.215. The Balaban J connectivity index is 2.45. The Morgan fingerprint density at radius 3 is 2.55 bits per heavy atom. The van der Waals surface area contributed by atoms with Gasteiger partial charge in [-0.3, -0.25) is 0 Å². The van der Waals surface area contributed by atoms with E-state index in [4.69, 9.17) is 5.26 Å². The van der Waals surface area contributed by atoms with Crippen molar-refractivity contribution in [2.45, 2.75) is 13.8 Å². The van der Waals surface area contributed by atoms with Gasteiger partial charge in [0.2, 0.25) is 0 Å². The molecule has 0 radical (unpaired) electrons. The number of benzene rings is 2. The van der Waals surface area contributed by atoms with Crippen LogP contribution in [0.2, 0.25) is 0 Å². The predicted octanol–water partition coefficient (Wildman–Crippen LogP) is 3.62. The maximum absolute atomic E-state index is 11.3. The molecule has 2 rings (SSSR count). The number of aromatic carboxylic acids is 1. The van der Waals surface area contributed by atoms with E-state index < -0.39 is 5.97 Å². The van der Waals surface area contributed by atoms with Gasteiger partial charge in [0, 0.05) is 5.69 Å². The van der Waals surface area contributed by atoms with Gasteiger partial charge in [-0.15, -0.1) is 0 Å². The standard InChI is InChI=1S/C16H14N2O2/c1-10-3-6-14(13(7-10)16(19)20)18-15-8-12(9-17)5-4-11(15)2/h3-8,18H,1-2H3,(H,19,20). The van der Waals surface area contributed by atoms with Crippen LogP contribution in [-0.2, 0) is 0 Å². The van der Waals surface area contributed by atoms with Crippen molar-refractivity contribution in [3.63, 3.8) is 0 Å². The third-order valence-corrected chi connectivity index (χ3v) is 3.04. The SMILES string of the molecule is Cc1ccc(Nc2cc(C#N)ccc2C)c(C(=O)O)c1. The van der Waals surface area contributed by atoms with Gasteiger partial charge in [-0.1, -0.05) is 17.7 Å². The van der Waals surface area contributed by atoms with Crippen molar-refractivity contribution < 1.29 is 9.90 Å². The summed E-state index contributed by atoms with van der Waals surface area (Å²) in [6.45, 7) is 3.75. The molecule has 0 saturated carbocycles. The lowest BCUT2D eigenvalue weighted by Crippen LogP contribution is -2.04. The van der Waals surface area contributed by atoms with Gasteiger partial charge in [-0.25, -0.2) is 4.79 Å². The highest BCUT2D eigenvalue weighted by molar-refractivity contribution is 5.95. The van der Waals surface area contributed by atoms with Gasteiger partial charge in [0.05, 0.1) is 22.9 Å². The summed E-state index contributed by atoms with van der Waals surface area (Å²) < 4.78 is 0. The molecule has 4 heteroatoms. The molecule has 0 unspecified atom stereocenters. The lowest BCUT2D eigenvalue weighted by atomic mass is 10.1. The zero-order chi connectivity index (χ0) is 14.7. The average molecular weight is 266 g/mol. The Labute approximate surface area is 117 Å². The fraction of sp³-hybridized carbons (Fsp3) is 0.125. The maximum atomic E-state index is 11.3. The maximum Gasteiger partial charge on any atom is 0.337 e. The number of nitrogens with zero attached hydrogens (tertiary/aromatic N) is 1. The molecule has 0 aliphatic carbocycles. The molecule has 100 valence electrons. The Hall–Kier alpha value is -2.80. The van der Waals surface area contributed by atoms with Crippen molar-refractivity contribution in [2.75, 3.05) is 5.32 Å². The van der Waals surface area contributed by atoms with Crippen molar-refractivity contribution >= 4 is 17.3 Å². The second-order valence-electron chi connectivity index (χ2n) is 4.62. The van der Waals surface area contributed by atoms with Crippen LogP contribution < -0.4 is 5.32 Å². The molecule has 0 spiro atoms. The lowest BCUT2D eigenvalue weighted by Gasteiger charge is -2.13. The summed E-state index contributed by atoms with van der Waals surface area (Å²) in [5, 5.41) is 21.3. The summed E-state index contributed by atoms with van der Waals surface area (Å²) in [5.74, 6) is -0.981. The Morgan fingerprint density at radius 1 is 1.15 bits per heavy atom. The van der Waals surface area contributed by atoms with Gasteiger partial charge in [-0.05, 0) is 43.7 Å². The van der Waals surface area contributed by atoms with E-state index >= 15 is 0 Å². The van der Waals surface area contributed by atoms with Crippen LogP contribution in [0.4, 0.5) is 11.4 Å². The molecule has 20 heavy (non-hydrogen) atoms. The van der Waals surface area contributed by atoms with E-state index in [0.717, 1.165) is 16.8 Å². The second-order valence-corrected chi connectivity index (χ2v) is 4.62. The van der Waals surface area contributed by atoms with Crippen molar-refractivity contribution in [3.8, 4) is 6.07 Å². The zero-order valence-electron chi connectivity index (χ0n) is 11.3. The van der Waals surface area contributed by atoms with Crippen LogP contribution >= 0.6 is 0 Å². The number of anilines is 2. The first-order chi connectivity index (χ1) is 9.51. The van der Waals surface area contributed by atoms with Crippen molar-refractivity contribution in [3.05, 3.63) is 58.7 Å². The van der Waals surface area contributed by atoms with Gasteiger partial charge in [0.25, 0.3) is 0 Å². The van der Waals surface area contributed by atoms with E-state index in [-0.39, 0.29) is 5.56 Å². The highest BCUT2D eigenvalue weighted by Crippen LogP contribution is 2.25. The van der Waals surface area contributed by atoms with Crippen LogP contribution in [-0.4, -0.2) is 11.1 Å². The summed E-state index contributed by atoms with van der Waals surface area (Å²) >= 11 is 0. The third-order valence-electron chi connectivity index (χ3n) is 3.04. The van der Waals surface area contributed by atoms with Gasteiger partial charge in [0.15, 0.2) is 0 Å².